The molecule has 106 valence electrons. The fourth-order valence-electron chi connectivity index (χ4n) is 1.85. The van der Waals surface area contributed by atoms with Crippen LogP contribution in [0.3, 0.4) is 0 Å². The molecule has 1 aliphatic rings. The second kappa shape index (κ2) is 7.36. The largest absolute Gasteiger partial charge is 0.493 e. The Morgan fingerprint density at radius 1 is 1.21 bits per heavy atom. The van der Waals surface area contributed by atoms with Gasteiger partial charge < -0.3 is 19.5 Å². The SMILES string of the molecule is CCOCCOc1ccc(CNC2CC2)cc1OC. The third kappa shape index (κ3) is 4.73. The number of hydrogen-bond donors (Lipinski definition) is 1. The van der Waals surface area contributed by atoms with E-state index in [1.165, 1.54) is 18.4 Å². The first kappa shape index (κ1) is 14.2. The monoisotopic (exact) mass is 265 g/mol. The van der Waals surface area contributed by atoms with Crippen molar-refractivity contribution in [3.05, 3.63) is 23.8 Å². The van der Waals surface area contributed by atoms with E-state index < -0.39 is 0 Å². The first-order valence-electron chi connectivity index (χ1n) is 6.94. The van der Waals surface area contributed by atoms with Crippen molar-refractivity contribution in [1.82, 2.24) is 5.32 Å². The molecule has 4 heteroatoms. The Labute approximate surface area is 115 Å². The third-order valence-corrected chi connectivity index (χ3v) is 3.09. The van der Waals surface area contributed by atoms with Crippen LogP contribution >= 0.6 is 0 Å². The molecule has 19 heavy (non-hydrogen) atoms. The summed E-state index contributed by atoms with van der Waals surface area (Å²) in [7, 11) is 1.67. The highest BCUT2D eigenvalue weighted by Crippen LogP contribution is 2.28. The summed E-state index contributed by atoms with van der Waals surface area (Å²) in [5.74, 6) is 1.56. The highest BCUT2D eigenvalue weighted by molar-refractivity contribution is 5.43. The Kier molecular flexibility index (Phi) is 5.48. The van der Waals surface area contributed by atoms with Crippen LogP contribution in [0.1, 0.15) is 25.3 Å². The van der Waals surface area contributed by atoms with Gasteiger partial charge in [0.1, 0.15) is 6.61 Å². The number of methoxy groups -OCH3 is 1. The van der Waals surface area contributed by atoms with Crippen molar-refractivity contribution in [1.29, 1.82) is 0 Å². The van der Waals surface area contributed by atoms with Crippen molar-refractivity contribution >= 4 is 0 Å². The molecule has 0 aliphatic heterocycles. The molecule has 1 aromatic carbocycles. The Balaban J connectivity index is 1.86. The van der Waals surface area contributed by atoms with Crippen molar-refractivity contribution < 1.29 is 14.2 Å². The summed E-state index contributed by atoms with van der Waals surface area (Å²) >= 11 is 0. The third-order valence-electron chi connectivity index (χ3n) is 3.09. The Hall–Kier alpha value is -1.26. The first-order chi connectivity index (χ1) is 9.33. The van der Waals surface area contributed by atoms with Gasteiger partial charge in [-0.2, -0.15) is 0 Å². The average molecular weight is 265 g/mol. The van der Waals surface area contributed by atoms with Gasteiger partial charge in [-0.15, -0.1) is 0 Å². The van der Waals surface area contributed by atoms with Crippen LogP contribution in [0.15, 0.2) is 18.2 Å². The van der Waals surface area contributed by atoms with Crippen LogP contribution in [0.4, 0.5) is 0 Å². The Bertz CT molecular complexity index is 391. The van der Waals surface area contributed by atoms with E-state index in [0.717, 1.165) is 18.0 Å². The number of ether oxygens (including phenoxy) is 3. The van der Waals surface area contributed by atoms with Gasteiger partial charge in [-0.05, 0) is 37.5 Å². The molecule has 1 aromatic rings. The number of nitrogens with one attached hydrogen (secondary N) is 1. The van der Waals surface area contributed by atoms with Gasteiger partial charge in [0, 0.05) is 19.2 Å². The zero-order chi connectivity index (χ0) is 13.5. The van der Waals surface area contributed by atoms with E-state index in [-0.39, 0.29) is 0 Å². The van der Waals surface area contributed by atoms with Crippen molar-refractivity contribution in [2.24, 2.45) is 0 Å². The minimum Gasteiger partial charge on any atom is -0.493 e. The number of hydrogen-bond acceptors (Lipinski definition) is 4. The zero-order valence-corrected chi connectivity index (χ0v) is 11.8. The molecule has 0 atom stereocenters. The topological polar surface area (TPSA) is 39.7 Å². The molecule has 2 rings (SSSR count). The maximum atomic E-state index is 5.65. The van der Waals surface area contributed by atoms with Gasteiger partial charge in [-0.3, -0.25) is 0 Å². The quantitative estimate of drug-likeness (QED) is 0.696. The Morgan fingerprint density at radius 3 is 2.74 bits per heavy atom. The molecule has 0 amide bonds. The van der Waals surface area contributed by atoms with Gasteiger partial charge in [-0.1, -0.05) is 6.07 Å². The summed E-state index contributed by atoms with van der Waals surface area (Å²) in [6.45, 7) is 4.73. The molecule has 4 nitrogen and oxygen atoms in total. The van der Waals surface area contributed by atoms with E-state index in [2.05, 4.69) is 11.4 Å². The Morgan fingerprint density at radius 2 is 2.05 bits per heavy atom. The van der Waals surface area contributed by atoms with Crippen LogP contribution in [0.5, 0.6) is 11.5 Å². The van der Waals surface area contributed by atoms with Gasteiger partial charge >= 0.3 is 0 Å². The summed E-state index contributed by atoms with van der Waals surface area (Å²) in [6.07, 6.45) is 2.60. The smallest absolute Gasteiger partial charge is 0.161 e. The van der Waals surface area contributed by atoms with E-state index >= 15 is 0 Å². The molecular weight excluding hydrogens is 242 g/mol. The molecule has 1 aliphatic carbocycles. The second-order valence-corrected chi connectivity index (χ2v) is 4.69. The maximum Gasteiger partial charge on any atom is 0.161 e. The van der Waals surface area contributed by atoms with Crippen LogP contribution < -0.4 is 14.8 Å². The summed E-state index contributed by atoms with van der Waals surface area (Å²) in [5.41, 5.74) is 1.22. The predicted molar refractivity (Wildman–Crippen MR) is 74.8 cm³/mol. The average Bonchev–Trinajstić information content (AvgIpc) is 3.26. The van der Waals surface area contributed by atoms with E-state index in [9.17, 15) is 0 Å². The van der Waals surface area contributed by atoms with Gasteiger partial charge in [0.2, 0.25) is 0 Å². The molecule has 0 aromatic heterocycles. The molecular formula is C15H23NO3. The van der Waals surface area contributed by atoms with E-state index in [4.69, 9.17) is 14.2 Å². The lowest BCUT2D eigenvalue weighted by Gasteiger charge is -2.12. The maximum absolute atomic E-state index is 5.65. The minimum atomic E-state index is 0.546. The molecule has 0 spiro atoms. The molecule has 1 fully saturated rings. The fourth-order valence-corrected chi connectivity index (χ4v) is 1.85. The van der Waals surface area contributed by atoms with Crippen LogP contribution in [-0.4, -0.2) is 33.0 Å². The minimum absolute atomic E-state index is 0.546. The summed E-state index contributed by atoms with van der Waals surface area (Å²) in [6, 6.07) is 6.79. The van der Waals surface area contributed by atoms with Crippen molar-refractivity contribution in [3.8, 4) is 11.5 Å². The molecule has 0 unspecified atom stereocenters. The van der Waals surface area contributed by atoms with Crippen LogP contribution in [0.25, 0.3) is 0 Å². The van der Waals surface area contributed by atoms with Gasteiger partial charge in [0.25, 0.3) is 0 Å². The predicted octanol–water partition coefficient (Wildman–Crippen LogP) is 2.36. The first-order valence-corrected chi connectivity index (χ1v) is 6.94. The molecule has 1 saturated carbocycles. The molecule has 0 bridgehead atoms. The van der Waals surface area contributed by atoms with Crippen molar-refractivity contribution in [3.63, 3.8) is 0 Å². The lowest BCUT2D eigenvalue weighted by Crippen LogP contribution is -2.15. The highest BCUT2D eigenvalue weighted by atomic mass is 16.5. The number of rotatable bonds is 9. The van der Waals surface area contributed by atoms with Crippen LogP contribution in [-0.2, 0) is 11.3 Å². The van der Waals surface area contributed by atoms with Gasteiger partial charge in [-0.25, -0.2) is 0 Å². The summed E-state index contributed by atoms with van der Waals surface area (Å²) < 4.78 is 16.3. The highest BCUT2D eigenvalue weighted by Gasteiger charge is 2.20. The fraction of sp³-hybridized carbons (Fsp3) is 0.600. The van der Waals surface area contributed by atoms with Crippen LogP contribution in [0, 0.1) is 0 Å². The van der Waals surface area contributed by atoms with Crippen molar-refractivity contribution in [2.75, 3.05) is 26.9 Å². The molecule has 0 heterocycles. The van der Waals surface area contributed by atoms with Crippen molar-refractivity contribution in [2.45, 2.75) is 32.4 Å². The second-order valence-electron chi connectivity index (χ2n) is 4.69. The van der Waals surface area contributed by atoms with Gasteiger partial charge in [0.05, 0.1) is 13.7 Å². The zero-order valence-electron chi connectivity index (χ0n) is 11.8. The van der Waals surface area contributed by atoms with E-state index in [1.54, 1.807) is 7.11 Å². The standard InChI is InChI=1S/C15H23NO3/c1-3-18-8-9-19-14-7-4-12(10-15(14)17-2)11-16-13-5-6-13/h4,7,10,13,16H,3,5-6,8-9,11H2,1-2H3. The normalized spacial score (nSPS) is 14.4. The lowest BCUT2D eigenvalue weighted by molar-refractivity contribution is 0.109. The van der Waals surface area contributed by atoms with Gasteiger partial charge in [0.15, 0.2) is 11.5 Å². The lowest BCUT2D eigenvalue weighted by atomic mass is 10.2. The molecule has 0 saturated heterocycles. The van der Waals surface area contributed by atoms with E-state index in [0.29, 0.717) is 25.9 Å². The number of benzene rings is 1. The molecule has 1 N–H and O–H groups in total. The molecule has 0 radical (unpaired) electrons. The summed E-state index contributed by atoms with van der Waals surface area (Å²) in [5, 5.41) is 3.49. The van der Waals surface area contributed by atoms with Crippen LogP contribution in [0.2, 0.25) is 0 Å². The summed E-state index contributed by atoms with van der Waals surface area (Å²) in [4.78, 5) is 0. The van der Waals surface area contributed by atoms with E-state index in [1.807, 2.05) is 19.1 Å².